The van der Waals surface area contributed by atoms with E-state index in [4.69, 9.17) is 27.9 Å². The van der Waals surface area contributed by atoms with Gasteiger partial charge in [-0.3, -0.25) is 9.59 Å². The van der Waals surface area contributed by atoms with Crippen molar-refractivity contribution in [3.8, 4) is 0 Å². The van der Waals surface area contributed by atoms with Crippen LogP contribution >= 0.6 is 23.2 Å². The van der Waals surface area contributed by atoms with E-state index in [1.54, 1.807) is 0 Å². The molecule has 176 valence electrons. The van der Waals surface area contributed by atoms with Gasteiger partial charge in [-0.2, -0.15) is 0 Å². The van der Waals surface area contributed by atoms with Crippen LogP contribution in [0.2, 0.25) is 10.0 Å². The number of amides is 1. The van der Waals surface area contributed by atoms with E-state index in [0.717, 1.165) is 24.0 Å². The maximum atomic E-state index is 14.1. The topological polar surface area (TPSA) is 66.8 Å². The Morgan fingerprint density at radius 2 is 1.85 bits per heavy atom. The summed E-state index contributed by atoms with van der Waals surface area (Å²) < 4.78 is 4.94. The maximum absolute atomic E-state index is 14.1. The number of benzene rings is 2. The van der Waals surface area contributed by atoms with E-state index < -0.39 is 11.4 Å². The highest BCUT2D eigenvalue weighted by atomic mass is 35.5. The number of aliphatic hydroxyl groups is 1. The molecule has 0 aromatic heterocycles. The summed E-state index contributed by atoms with van der Waals surface area (Å²) >= 11 is 12.5. The first-order valence-corrected chi connectivity index (χ1v) is 12.0. The predicted octanol–water partition coefficient (Wildman–Crippen LogP) is 5.39. The molecule has 4 rings (SSSR count). The van der Waals surface area contributed by atoms with E-state index in [1.165, 1.54) is 7.11 Å². The summed E-state index contributed by atoms with van der Waals surface area (Å²) in [5, 5.41) is 11.6. The molecule has 1 aliphatic carbocycles. The van der Waals surface area contributed by atoms with Crippen LogP contribution < -0.4 is 0 Å². The molecule has 1 amide bonds. The van der Waals surface area contributed by atoms with Gasteiger partial charge >= 0.3 is 5.97 Å². The molecular formula is C26H29Cl2NO4. The van der Waals surface area contributed by atoms with Crippen LogP contribution in [0.3, 0.4) is 0 Å². The number of ether oxygens (including phenoxy) is 1. The summed E-state index contributed by atoms with van der Waals surface area (Å²) in [6, 6.07) is 14.5. The largest absolute Gasteiger partial charge is 0.469 e. The van der Waals surface area contributed by atoms with Crippen LogP contribution in [0.25, 0.3) is 0 Å². The fourth-order valence-corrected chi connectivity index (χ4v) is 5.57. The molecule has 2 aliphatic rings. The molecule has 1 aliphatic heterocycles. The summed E-state index contributed by atoms with van der Waals surface area (Å²) in [7, 11) is 1.34. The fourth-order valence-electron chi connectivity index (χ4n) is 5.25. The van der Waals surface area contributed by atoms with E-state index in [2.05, 4.69) is 0 Å². The van der Waals surface area contributed by atoms with Crippen molar-refractivity contribution < 1.29 is 19.4 Å². The Hall–Kier alpha value is -2.08. The first-order chi connectivity index (χ1) is 15.8. The molecule has 0 spiro atoms. The van der Waals surface area contributed by atoms with Crippen LogP contribution in [0.5, 0.6) is 0 Å². The lowest BCUT2D eigenvalue weighted by Crippen LogP contribution is -2.57. The van der Waals surface area contributed by atoms with Crippen LogP contribution in [0.4, 0.5) is 0 Å². The third-order valence-electron chi connectivity index (χ3n) is 7.06. The van der Waals surface area contributed by atoms with Gasteiger partial charge in [-0.15, -0.1) is 0 Å². The van der Waals surface area contributed by atoms with Crippen molar-refractivity contribution in [1.29, 1.82) is 0 Å². The number of nitrogens with zero attached hydrogens (tertiary/aromatic N) is 1. The SMILES string of the molecule is COC(=O)C[C@@]1(C)C[C@H](c2cccc(Cl)c2)[C@@H](c2ccc(Cl)cc2)N(C(CO)C2CC2)C1=O. The number of hydrogen-bond donors (Lipinski definition) is 1. The van der Waals surface area contributed by atoms with Crippen molar-refractivity contribution in [2.45, 2.75) is 50.6 Å². The second-order valence-electron chi connectivity index (χ2n) is 9.48. The normalized spacial score (nSPS) is 26.2. The number of piperidine rings is 1. The lowest BCUT2D eigenvalue weighted by atomic mass is 9.67. The third kappa shape index (κ3) is 4.91. The molecule has 33 heavy (non-hydrogen) atoms. The molecule has 1 saturated carbocycles. The second-order valence-corrected chi connectivity index (χ2v) is 10.3. The summed E-state index contributed by atoms with van der Waals surface area (Å²) in [6.07, 6.45) is 2.37. The average molecular weight is 490 g/mol. The number of likely N-dealkylation sites (tertiary alicyclic amines) is 1. The zero-order valence-corrected chi connectivity index (χ0v) is 20.4. The fraction of sp³-hybridized carbons (Fsp3) is 0.462. The first kappa shape index (κ1) is 24.1. The smallest absolute Gasteiger partial charge is 0.306 e. The van der Waals surface area contributed by atoms with Gasteiger partial charge in [0.2, 0.25) is 5.91 Å². The number of hydrogen-bond acceptors (Lipinski definition) is 4. The molecule has 1 N–H and O–H groups in total. The summed E-state index contributed by atoms with van der Waals surface area (Å²) in [4.78, 5) is 28.3. The molecule has 0 bridgehead atoms. The van der Waals surface area contributed by atoms with Crippen LogP contribution in [-0.4, -0.2) is 41.6 Å². The van der Waals surface area contributed by atoms with E-state index in [-0.39, 0.29) is 42.9 Å². The van der Waals surface area contributed by atoms with E-state index >= 15 is 0 Å². The van der Waals surface area contributed by atoms with Crippen LogP contribution in [0, 0.1) is 11.3 Å². The van der Waals surface area contributed by atoms with Crippen molar-refractivity contribution in [3.63, 3.8) is 0 Å². The predicted molar refractivity (Wildman–Crippen MR) is 128 cm³/mol. The van der Waals surface area contributed by atoms with Gasteiger partial charge in [-0.25, -0.2) is 0 Å². The van der Waals surface area contributed by atoms with Gasteiger partial charge in [0.1, 0.15) is 0 Å². The lowest BCUT2D eigenvalue weighted by molar-refractivity contribution is -0.163. The third-order valence-corrected chi connectivity index (χ3v) is 7.55. The van der Waals surface area contributed by atoms with Crippen LogP contribution in [0.15, 0.2) is 48.5 Å². The summed E-state index contributed by atoms with van der Waals surface area (Å²) in [5.74, 6) is -0.441. The minimum atomic E-state index is -0.967. The van der Waals surface area contributed by atoms with Crippen LogP contribution in [-0.2, 0) is 14.3 Å². The highest BCUT2D eigenvalue weighted by Gasteiger charge is 2.54. The molecule has 4 atom stereocenters. The Bertz CT molecular complexity index is 1020. The molecule has 1 heterocycles. The highest BCUT2D eigenvalue weighted by molar-refractivity contribution is 6.30. The lowest BCUT2D eigenvalue weighted by Gasteiger charge is -2.52. The number of carbonyl (C=O) groups excluding carboxylic acids is 2. The average Bonchev–Trinajstić information content (AvgIpc) is 3.63. The standard InChI is InChI=1S/C26H29Cl2NO4/c1-26(14-23(31)33-2)13-21(18-4-3-5-20(28)12-18)24(17-8-10-19(27)11-9-17)29(25(26)32)22(15-30)16-6-7-16/h3-5,8-12,16,21-22,24,30H,6-7,13-15H2,1-2H3/t21-,22?,24-,26-/m1/s1. The zero-order chi connectivity index (χ0) is 23.8. The van der Waals surface area contributed by atoms with Gasteiger partial charge in [0.15, 0.2) is 0 Å². The molecule has 5 nitrogen and oxygen atoms in total. The van der Waals surface area contributed by atoms with Crippen molar-refractivity contribution in [2.24, 2.45) is 11.3 Å². The summed E-state index contributed by atoms with van der Waals surface area (Å²) in [5.41, 5.74) is 0.964. The van der Waals surface area contributed by atoms with E-state index in [0.29, 0.717) is 16.5 Å². The highest BCUT2D eigenvalue weighted by Crippen LogP contribution is 2.54. The molecule has 7 heteroatoms. The summed E-state index contributed by atoms with van der Waals surface area (Å²) in [6.45, 7) is 1.70. The van der Waals surface area contributed by atoms with E-state index in [9.17, 15) is 14.7 Å². The minimum Gasteiger partial charge on any atom is -0.469 e. The Morgan fingerprint density at radius 1 is 1.15 bits per heavy atom. The van der Waals surface area contributed by atoms with E-state index in [1.807, 2.05) is 60.4 Å². The minimum absolute atomic E-state index is 0.0218. The Morgan fingerprint density at radius 3 is 2.42 bits per heavy atom. The molecule has 2 aromatic carbocycles. The Labute approximate surface area is 204 Å². The Kier molecular flexibility index (Phi) is 7.04. The monoisotopic (exact) mass is 489 g/mol. The molecule has 2 aromatic rings. The number of halogens is 2. The first-order valence-electron chi connectivity index (χ1n) is 11.3. The molecular weight excluding hydrogens is 461 g/mol. The second kappa shape index (κ2) is 9.65. The van der Waals surface area contributed by atoms with Gasteiger partial charge in [0, 0.05) is 16.0 Å². The van der Waals surface area contributed by atoms with Crippen molar-refractivity contribution in [2.75, 3.05) is 13.7 Å². The van der Waals surface area contributed by atoms with Crippen molar-refractivity contribution >= 4 is 35.1 Å². The number of aliphatic hydroxyl groups excluding tert-OH is 1. The molecule has 2 fully saturated rings. The van der Waals surface area contributed by atoms with Crippen molar-refractivity contribution in [3.05, 3.63) is 69.7 Å². The maximum Gasteiger partial charge on any atom is 0.306 e. The molecule has 0 radical (unpaired) electrons. The Balaban J connectivity index is 1.88. The van der Waals surface area contributed by atoms with Gasteiger partial charge < -0.3 is 14.7 Å². The zero-order valence-electron chi connectivity index (χ0n) is 18.8. The van der Waals surface area contributed by atoms with Crippen molar-refractivity contribution in [1.82, 2.24) is 4.90 Å². The van der Waals surface area contributed by atoms with Gasteiger partial charge in [0.25, 0.3) is 0 Å². The number of esters is 1. The number of methoxy groups -OCH3 is 1. The van der Waals surface area contributed by atoms with Gasteiger partial charge in [0.05, 0.1) is 37.6 Å². The molecule has 1 saturated heterocycles. The quantitative estimate of drug-likeness (QED) is 0.529. The number of rotatable bonds is 7. The van der Waals surface area contributed by atoms with Crippen LogP contribution in [0.1, 0.15) is 55.7 Å². The number of carbonyl (C=O) groups is 2. The van der Waals surface area contributed by atoms with Gasteiger partial charge in [-0.05, 0) is 60.6 Å². The molecule has 1 unspecified atom stereocenters. The van der Waals surface area contributed by atoms with Gasteiger partial charge in [-0.1, -0.05) is 54.4 Å².